The molecule has 1 rings (SSSR count). The Bertz CT molecular complexity index is 297. The Kier molecular flexibility index (Phi) is 4.11. The molecule has 0 amide bonds. The summed E-state index contributed by atoms with van der Waals surface area (Å²) in [6.07, 6.45) is 0. The van der Waals surface area contributed by atoms with E-state index in [0.29, 0.717) is 6.54 Å². The molecule has 3 N–H and O–H groups in total. The molecular weight excluding hydrogens is 240 g/mol. The van der Waals surface area contributed by atoms with Gasteiger partial charge in [0, 0.05) is 23.1 Å². The van der Waals surface area contributed by atoms with E-state index in [0.717, 1.165) is 11.0 Å². The normalized spacial score (nSPS) is 11.7. The summed E-state index contributed by atoms with van der Waals surface area (Å²) in [5.74, 6) is 0. The van der Waals surface area contributed by atoms with Gasteiger partial charge in [0.2, 0.25) is 0 Å². The Balaban J connectivity index is 2.54. The fraction of sp³-hybridized carbons (Fsp3) is 0.455. The maximum atomic E-state index is 5.63. The fourth-order valence-electron chi connectivity index (χ4n) is 1.06. The van der Waals surface area contributed by atoms with E-state index in [1.54, 1.807) is 0 Å². The van der Waals surface area contributed by atoms with Crippen LogP contribution in [0.5, 0.6) is 0 Å². The van der Waals surface area contributed by atoms with Crippen molar-refractivity contribution in [1.29, 1.82) is 0 Å². The molecule has 0 radical (unpaired) electrons. The van der Waals surface area contributed by atoms with Gasteiger partial charge in [0.05, 0.1) is 0 Å². The lowest BCUT2D eigenvalue weighted by Crippen LogP contribution is -2.45. The summed E-state index contributed by atoms with van der Waals surface area (Å²) in [4.78, 5) is 0. The SMILES string of the molecule is CC(C)(CN)NCc1cccc(Br)c1. The first-order chi connectivity index (χ1) is 6.53. The van der Waals surface area contributed by atoms with Crippen LogP contribution in [0.25, 0.3) is 0 Å². The van der Waals surface area contributed by atoms with Gasteiger partial charge in [-0.1, -0.05) is 28.1 Å². The molecule has 0 unspecified atom stereocenters. The van der Waals surface area contributed by atoms with Gasteiger partial charge >= 0.3 is 0 Å². The van der Waals surface area contributed by atoms with Crippen molar-refractivity contribution in [2.45, 2.75) is 25.9 Å². The molecule has 0 aliphatic carbocycles. The summed E-state index contributed by atoms with van der Waals surface area (Å²) in [5, 5.41) is 3.41. The van der Waals surface area contributed by atoms with E-state index in [2.05, 4.69) is 47.2 Å². The molecule has 0 aliphatic heterocycles. The second-order valence-corrected chi connectivity index (χ2v) is 4.99. The predicted octanol–water partition coefficient (Wildman–Crippen LogP) is 2.28. The molecule has 14 heavy (non-hydrogen) atoms. The zero-order chi connectivity index (χ0) is 10.6. The number of hydrogen-bond acceptors (Lipinski definition) is 2. The highest BCUT2D eigenvalue weighted by Gasteiger charge is 2.13. The smallest absolute Gasteiger partial charge is 0.0250 e. The molecule has 3 heteroatoms. The maximum absolute atomic E-state index is 5.63. The van der Waals surface area contributed by atoms with Crippen molar-refractivity contribution in [3.8, 4) is 0 Å². The molecule has 0 aliphatic rings. The molecule has 0 saturated carbocycles. The van der Waals surface area contributed by atoms with Crippen molar-refractivity contribution in [3.63, 3.8) is 0 Å². The van der Waals surface area contributed by atoms with Crippen LogP contribution in [0, 0.1) is 0 Å². The molecule has 0 atom stereocenters. The second-order valence-electron chi connectivity index (χ2n) is 4.07. The molecule has 1 aromatic carbocycles. The summed E-state index contributed by atoms with van der Waals surface area (Å²) in [7, 11) is 0. The minimum atomic E-state index is 0.00230. The Labute approximate surface area is 94.0 Å². The molecule has 0 saturated heterocycles. The van der Waals surface area contributed by atoms with Gasteiger partial charge < -0.3 is 11.1 Å². The van der Waals surface area contributed by atoms with E-state index >= 15 is 0 Å². The van der Waals surface area contributed by atoms with Crippen molar-refractivity contribution in [2.24, 2.45) is 5.73 Å². The highest BCUT2D eigenvalue weighted by atomic mass is 79.9. The molecule has 78 valence electrons. The van der Waals surface area contributed by atoms with E-state index in [1.165, 1.54) is 5.56 Å². The topological polar surface area (TPSA) is 38.0 Å². The Morgan fingerprint density at radius 2 is 2.14 bits per heavy atom. The molecule has 2 nitrogen and oxygen atoms in total. The quantitative estimate of drug-likeness (QED) is 0.868. The van der Waals surface area contributed by atoms with Gasteiger partial charge in [0.1, 0.15) is 0 Å². The van der Waals surface area contributed by atoms with Crippen molar-refractivity contribution < 1.29 is 0 Å². The maximum Gasteiger partial charge on any atom is 0.0250 e. The van der Waals surface area contributed by atoms with Gasteiger partial charge in [-0.05, 0) is 31.5 Å². The van der Waals surface area contributed by atoms with Gasteiger partial charge in [0.25, 0.3) is 0 Å². The van der Waals surface area contributed by atoms with E-state index in [-0.39, 0.29) is 5.54 Å². The van der Waals surface area contributed by atoms with E-state index in [4.69, 9.17) is 5.73 Å². The highest BCUT2D eigenvalue weighted by molar-refractivity contribution is 9.10. The second kappa shape index (κ2) is 4.91. The number of rotatable bonds is 4. The summed E-state index contributed by atoms with van der Waals surface area (Å²) in [6, 6.07) is 8.28. The van der Waals surface area contributed by atoms with Crippen molar-refractivity contribution >= 4 is 15.9 Å². The Morgan fingerprint density at radius 1 is 1.43 bits per heavy atom. The monoisotopic (exact) mass is 256 g/mol. The first-order valence-electron chi connectivity index (χ1n) is 4.73. The number of benzene rings is 1. The summed E-state index contributed by atoms with van der Waals surface area (Å²) < 4.78 is 1.11. The van der Waals surface area contributed by atoms with Gasteiger partial charge in [-0.3, -0.25) is 0 Å². The molecule has 0 spiro atoms. The predicted molar refractivity (Wildman–Crippen MR) is 64.1 cm³/mol. The van der Waals surface area contributed by atoms with Crippen LogP contribution in [0.15, 0.2) is 28.7 Å². The van der Waals surface area contributed by atoms with Crippen LogP contribution < -0.4 is 11.1 Å². The number of hydrogen-bond donors (Lipinski definition) is 2. The summed E-state index contributed by atoms with van der Waals surface area (Å²) >= 11 is 3.45. The molecular formula is C11H17BrN2. The average molecular weight is 257 g/mol. The fourth-order valence-corrected chi connectivity index (χ4v) is 1.51. The lowest BCUT2D eigenvalue weighted by atomic mass is 10.1. The van der Waals surface area contributed by atoms with Gasteiger partial charge in [0.15, 0.2) is 0 Å². The summed E-state index contributed by atoms with van der Waals surface area (Å²) in [5.41, 5.74) is 6.90. The molecule has 0 heterocycles. The third-order valence-corrected chi connectivity index (χ3v) is 2.66. The average Bonchev–Trinajstić information content (AvgIpc) is 2.15. The minimum absolute atomic E-state index is 0.00230. The first-order valence-corrected chi connectivity index (χ1v) is 5.52. The minimum Gasteiger partial charge on any atom is -0.329 e. The highest BCUT2D eigenvalue weighted by Crippen LogP contribution is 2.12. The molecule has 0 fully saturated rings. The lowest BCUT2D eigenvalue weighted by molar-refractivity contribution is 0.396. The van der Waals surface area contributed by atoms with Crippen LogP contribution in [0.1, 0.15) is 19.4 Å². The van der Waals surface area contributed by atoms with Crippen LogP contribution in [-0.4, -0.2) is 12.1 Å². The zero-order valence-electron chi connectivity index (χ0n) is 8.68. The van der Waals surface area contributed by atoms with Crippen LogP contribution in [0.3, 0.4) is 0 Å². The molecule has 1 aromatic rings. The van der Waals surface area contributed by atoms with Gasteiger partial charge in [-0.2, -0.15) is 0 Å². The number of halogens is 1. The van der Waals surface area contributed by atoms with Crippen molar-refractivity contribution in [2.75, 3.05) is 6.54 Å². The largest absolute Gasteiger partial charge is 0.329 e. The summed E-state index contributed by atoms with van der Waals surface area (Å²) in [6.45, 7) is 5.70. The lowest BCUT2D eigenvalue weighted by Gasteiger charge is -2.24. The van der Waals surface area contributed by atoms with E-state index in [9.17, 15) is 0 Å². The molecule has 0 aromatic heterocycles. The standard InChI is InChI=1S/C11H17BrN2/c1-11(2,8-13)14-7-9-4-3-5-10(12)6-9/h3-6,14H,7-8,13H2,1-2H3. The first kappa shape index (κ1) is 11.7. The van der Waals surface area contributed by atoms with Gasteiger partial charge in [-0.25, -0.2) is 0 Å². The number of nitrogens with two attached hydrogens (primary N) is 1. The zero-order valence-corrected chi connectivity index (χ0v) is 10.3. The van der Waals surface area contributed by atoms with Crippen molar-refractivity contribution in [3.05, 3.63) is 34.3 Å². The van der Waals surface area contributed by atoms with E-state index in [1.807, 2.05) is 12.1 Å². The van der Waals surface area contributed by atoms with Crippen LogP contribution in [0.2, 0.25) is 0 Å². The van der Waals surface area contributed by atoms with Crippen molar-refractivity contribution in [1.82, 2.24) is 5.32 Å². The van der Waals surface area contributed by atoms with Crippen LogP contribution >= 0.6 is 15.9 Å². The Morgan fingerprint density at radius 3 is 2.71 bits per heavy atom. The number of nitrogens with one attached hydrogen (secondary N) is 1. The van der Waals surface area contributed by atoms with Crippen LogP contribution in [-0.2, 0) is 6.54 Å². The third-order valence-electron chi connectivity index (χ3n) is 2.17. The molecule has 0 bridgehead atoms. The van der Waals surface area contributed by atoms with E-state index < -0.39 is 0 Å². The van der Waals surface area contributed by atoms with Crippen LogP contribution in [0.4, 0.5) is 0 Å². The van der Waals surface area contributed by atoms with Gasteiger partial charge in [-0.15, -0.1) is 0 Å². The third kappa shape index (κ3) is 3.78. The Hall–Kier alpha value is -0.380.